The Morgan fingerprint density at radius 3 is 1.22 bits per heavy atom. The minimum absolute atomic E-state index is 0.0625. The molecule has 1 heterocycles. The van der Waals surface area contributed by atoms with Crippen LogP contribution in [0.5, 0.6) is 0 Å². The van der Waals surface area contributed by atoms with Crippen molar-refractivity contribution in [2.75, 3.05) is 26.4 Å². The molecule has 0 bridgehead atoms. The van der Waals surface area contributed by atoms with Crippen molar-refractivity contribution in [1.82, 2.24) is 0 Å². The maximum atomic E-state index is 4.94. The molecule has 0 amide bonds. The second-order valence-electron chi connectivity index (χ2n) is 1.31. The van der Waals surface area contributed by atoms with Crippen LogP contribution >= 0.6 is 27.1 Å². The van der Waals surface area contributed by atoms with Crippen molar-refractivity contribution in [1.29, 1.82) is 0 Å². The van der Waals surface area contributed by atoms with E-state index >= 15 is 0 Å². The van der Waals surface area contributed by atoms with Crippen LogP contribution in [0.25, 0.3) is 0 Å². The molecule has 1 aliphatic rings. The van der Waals surface area contributed by atoms with Gasteiger partial charge in [0.15, 0.2) is 0 Å². The van der Waals surface area contributed by atoms with Gasteiger partial charge in [0.05, 0.1) is 26.4 Å². The summed E-state index contributed by atoms with van der Waals surface area (Å²) in [5, 5.41) is 0. The van der Waals surface area contributed by atoms with Gasteiger partial charge in [0.2, 0.25) is 0 Å². The van der Waals surface area contributed by atoms with Crippen LogP contribution in [-0.2, 0) is 9.47 Å². The van der Waals surface area contributed by atoms with Crippen LogP contribution in [-0.4, -0.2) is 39.9 Å². The van der Waals surface area contributed by atoms with Gasteiger partial charge in [0, 0.05) is 0 Å². The summed E-state index contributed by atoms with van der Waals surface area (Å²) in [5.74, 6) is 0. The monoisotopic (exact) mass is 315 g/mol. The van der Waals surface area contributed by atoms with Crippen molar-refractivity contribution in [3.05, 3.63) is 0 Å². The van der Waals surface area contributed by atoms with E-state index in [1.54, 1.807) is 0 Å². The summed E-state index contributed by atoms with van der Waals surface area (Å²) in [4.78, 5) is 0. The molecule has 1 rings (SSSR count). The molecule has 0 aliphatic carbocycles. The van der Waals surface area contributed by atoms with Crippen LogP contribution in [0.3, 0.4) is 0 Å². The van der Waals surface area contributed by atoms with Gasteiger partial charge in [-0.3, -0.25) is 0 Å². The first kappa shape index (κ1) is 10.5. The van der Waals surface area contributed by atoms with Crippen molar-refractivity contribution < 1.29 is 9.47 Å². The normalized spacial score (nSPS) is 17.6. The summed E-state index contributed by atoms with van der Waals surface area (Å²) in [5.41, 5.74) is 0. The van der Waals surface area contributed by atoms with E-state index in [1.165, 1.54) is 0 Å². The van der Waals surface area contributed by atoms with Gasteiger partial charge in [-0.1, -0.05) is 0 Å². The van der Waals surface area contributed by atoms with E-state index in [2.05, 4.69) is 27.1 Å². The Kier molecular flexibility index (Phi) is 11.1. The van der Waals surface area contributed by atoms with Crippen LogP contribution in [0.15, 0.2) is 0 Å². The van der Waals surface area contributed by atoms with Gasteiger partial charge in [-0.05, 0) is 0 Å². The number of halogens is 2. The number of hydrogen-bond acceptors (Lipinski definition) is 2. The van der Waals surface area contributed by atoms with Gasteiger partial charge in [-0.25, -0.2) is 0 Å². The summed E-state index contributed by atoms with van der Waals surface area (Å²) >= 11 is 6.38. The summed E-state index contributed by atoms with van der Waals surface area (Å²) in [7, 11) is 0. The summed E-state index contributed by atoms with van der Waals surface area (Å²) in [6.07, 6.45) is 0. The predicted molar refractivity (Wildman–Crippen MR) is 45.2 cm³/mol. The van der Waals surface area contributed by atoms with E-state index in [0.29, 0.717) is 0 Å². The molecule has 9 heavy (non-hydrogen) atoms. The zero-order valence-corrected chi connectivity index (χ0v) is 10.6. The molecule has 1 saturated heterocycles. The zero-order chi connectivity index (χ0) is 6.95. The molecule has 0 saturated carbocycles. The third-order valence-corrected chi connectivity index (χ3v) is 0.744. The van der Waals surface area contributed by atoms with Crippen molar-refractivity contribution in [2.45, 2.75) is 0 Å². The molecule has 1 aliphatic heterocycles. The van der Waals surface area contributed by atoms with E-state index in [0.717, 1.165) is 26.4 Å². The summed E-state index contributed by atoms with van der Waals surface area (Å²) in [6.45, 7) is 3.11. The fourth-order valence-corrected chi connectivity index (χ4v) is 0.440. The van der Waals surface area contributed by atoms with Crippen LogP contribution in [0.4, 0.5) is 0 Å². The SMILES string of the molecule is C1COCCO1.[Br][Ga][Br]. The second kappa shape index (κ2) is 9.52. The Hall–Kier alpha value is 1.52. The molecule has 0 aromatic carbocycles. The first-order chi connectivity index (χ1) is 4.41. The molecule has 0 N–H and O–H groups in total. The third kappa shape index (κ3) is 9.52. The predicted octanol–water partition coefficient (Wildman–Crippen LogP) is 1.34. The molecule has 0 spiro atoms. The van der Waals surface area contributed by atoms with Gasteiger partial charge < -0.3 is 9.47 Å². The Balaban J connectivity index is 0.000000187. The van der Waals surface area contributed by atoms with Gasteiger partial charge in [0.25, 0.3) is 0 Å². The van der Waals surface area contributed by atoms with Crippen molar-refractivity contribution in [2.24, 2.45) is 0 Å². The molecule has 0 aromatic rings. The fourth-order valence-electron chi connectivity index (χ4n) is 0.440. The molecule has 0 aromatic heterocycles. The number of ether oxygens (including phenoxy) is 2. The van der Waals surface area contributed by atoms with Gasteiger partial charge in [-0.15, -0.1) is 0 Å². The number of rotatable bonds is 0. The van der Waals surface area contributed by atoms with Crippen molar-refractivity contribution in [3.63, 3.8) is 0 Å². The van der Waals surface area contributed by atoms with Crippen molar-refractivity contribution >= 4 is 40.6 Å². The molecular formula is C4H8Br2GaO2. The topological polar surface area (TPSA) is 18.5 Å². The molecular weight excluding hydrogens is 310 g/mol. The first-order valence-electron chi connectivity index (χ1n) is 2.59. The number of hydrogen-bond donors (Lipinski definition) is 0. The molecule has 5 heteroatoms. The molecule has 0 atom stereocenters. The Labute approximate surface area is 76.1 Å². The summed E-state index contributed by atoms with van der Waals surface area (Å²) < 4.78 is 9.89. The van der Waals surface area contributed by atoms with E-state index in [4.69, 9.17) is 9.47 Å². The Morgan fingerprint density at radius 2 is 1.11 bits per heavy atom. The van der Waals surface area contributed by atoms with E-state index in [1.807, 2.05) is 0 Å². The van der Waals surface area contributed by atoms with Crippen molar-refractivity contribution in [3.8, 4) is 0 Å². The van der Waals surface area contributed by atoms with Crippen LogP contribution in [0.1, 0.15) is 0 Å². The van der Waals surface area contributed by atoms with Gasteiger partial charge in [-0.2, -0.15) is 0 Å². The molecule has 53 valence electrons. The average molecular weight is 318 g/mol. The maximum absolute atomic E-state index is 4.94. The third-order valence-electron chi connectivity index (χ3n) is 0.744. The fraction of sp³-hybridized carbons (Fsp3) is 1.00. The van der Waals surface area contributed by atoms with E-state index < -0.39 is 0 Å². The Morgan fingerprint density at radius 1 is 0.889 bits per heavy atom. The summed E-state index contributed by atoms with van der Waals surface area (Å²) in [6, 6.07) is 0. The molecule has 2 nitrogen and oxygen atoms in total. The van der Waals surface area contributed by atoms with Crippen LogP contribution < -0.4 is 0 Å². The van der Waals surface area contributed by atoms with E-state index in [-0.39, 0.29) is 13.5 Å². The zero-order valence-electron chi connectivity index (χ0n) is 4.98. The van der Waals surface area contributed by atoms with Crippen LogP contribution in [0, 0.1) is 0 Å². The van der Waals surface area contributed by atoms with Gasteiger partial charge >= 0.3 is 40.6 Å². The van der Waals surface area contributed by atoms with Crippen LogP contribution in [0.2, 0.25) is 0 Å². The molecule has 1 radical (unpaired) electrons. The molecule has 1 fully saturated rings. The van der Waals surface area contributed by atoms with E-state index in [9.17, 15) is 0 Å². The minimum atomic E-state index is -0.0625. The Bertz CT molecular complexity index is 40.3. The average Bonchev–Trinajstić information content (AvgIpc) is 1.93. The molecule has 0 unspecified atom stereocenters. The second-order valence-corrected chi connectivity index (χ2v) is 12.8. The first-order valence-corrected chi connectivity index (χ1v) is 13.9. The quantitative estimate of drug-likeness (QED) is 0.628. The standard InChI is InChI=1S/C4H8O2.2BrH.Ga/c1-2-6-4-3-5-1;;;/h1-4H2;2*1H;/q;;;+2/p-2. The van der Waals surface area contributed by atoms with Gasteiger partial charge in [0.1, 0.15) is 0 Å².